The van der Waals surface area contributed by atoms with Gasteiger partial charge in [-0.3, -0.25) is 14.3 Å². The number of fused-ring (bicyclic) bond motifs is 1. The maximum Gasteiger partial charge on any atom is 0.358 e. The van der Waals surface area contributed by atoms with Crippen LogP contribution in [0.4, 0.5) is 22.0 Å². The fourth-order valence-corrected chi connectivity index (χ4v) is 5.70. The van der Waals surface area contributed by atoms with Crippen molar-refractivity contribution in [2.45, 2.75) is 50.3 Å². The van der Waals surface area contributed by atoms with Crippen molar-refractivity contribution in [3.8, 4) is 5.75 Å². The van der Waals surface area contributed by atoms with Gasteiger partial charge in [-0.05, 0) is 24.1 Å². The van der Waals surface area contributed by atoms with Crippen LogP contribution < -0.4 is 16.0 Å². The Morgan fingerprint density at radius 2 is 1.48 bits per heavy atom. The van der Waals surface area contributed by atoms with Gasteiger partial charge < -0.3 is 23.7 Å². The molecular weight excluding hydrogens is 663 g/mol. The molecule has 2 aliphatic rings. The van der Waals surface area contributed by atoms with E-state index in [9.17, 15) is 31.5 Å². The molecule has 2 heterocycles. The first-order valence-electron chi connectivity index (χ1n) is 14.4. The average molecular weight is 689 g/mol. The first-order valence-corrected chi connectivity index (χ1v) is 14.8. The first kappa shape index (κ1) is 33.2. The first-order chi connectivity index (χ1) is 23.0. The van der Waals surface area contributed by atoms with Gasteiger partial charge in [0, 0.05) is 24.0 Å². The van der Waals surface area contributed by atoms with Crippen molar-refractivity contribution in [2.75, 3.05) is 0 Å². The average Bonchev–Trinajstić information content (AvgIpc) is 3.59. The normalized spacial score (nSPS) is 22.9. The number of nitrogens with one attached hydrogen (secondary N) is 1. The summed E-state index contributed by atoms with van der Waals surface area (Å²) in [4.78, 5) is 27.5. The number of aromatic amines is 1. The summed E-state index contributed by atoms with van der Waals surface area (Å²) in [6.07, 6.45) is -0.460. The van der Waals surface area contributed by atoms with Gasteiger partial charge in [0.15, 0.2) is 17.9 Å². The van der Waals surface area contributed by atoms with E-state index in [2.05, 4.69) is 4.98 Å². The molecule has 1 fully saturated rings. The number of hydrogen-bond acceptors (Lipinski definition) is 8. The van der Waals surface area contributed by atoms with Crippen molar-refractivity contribution >= 4 is 17.5 Å². The Hall–Kier alpha value is -4.70. The second-order valence-electron chi connectivity index (χ2n) is 11.0. The van der Waals surface area contributed by atoms with Crippen LogP contribution in [0.5, 0.6) is 5.75 Å². The van der Waals surface area contributed by atoms with Crippen LogP contribution in [0, 0.1) is 36.0 Å². The van der Waals surface area contributed by atoms with Crippen LogP contribution in [0.15, 0.2) is 88.6 Å². The summed E-state index contributed by atoms with van der Waals surface area (Å²) in [5.74, 6) is -13.2. The molecule has 0 amide bonds. The summed E-state index contributed by atoms with van der Waals surface area (Å²) in [7, 11) is 0. The lowest BCUT2D eigenvalue weighted by molar-refractivity contribution is -0.128. The molecule has 0 radical (unpaired) electrons. The van der Waals surface area contributed by atoms with Crippen molar-refractivity contribution in [1.29, 1.82) is 0 Å². The molecule has 9 nitrogen and oxygen atoms in total. The van der Waals surface area contributed by atoms with E-state index >= 15 is 0 Å². The molecule has 6 rings (SSSR count). The van der Waals surface area contributed by atoms with Crippen molar-refractivity contribution in [3.63, 3.8) is 0 Å². The smallest absolute Gasteiger partial charge is 0.358 e. The molecule has 0 spiro atoms. The predicted octanol–water partition coefficient (Wildman–Crippen LogP) is 5.30. The van der Waals surface area contributed by atoms with Gasteiger partial charge in [0.2, 0.25) is 34.8 Å². The van der Waals surface area contributed by atoms with Crippen LogP contribution in [0.2, 0.25) is 0 Å². The van der Waals surface area contributed by atoms with Crippen LogP contribution >= 0.6 is 12.2 Å². The zero-order valence-corrected chi connectivity index (χ0v) is 25.6. The Kier molecular flexibility index (Phi) is 9.29. The minimum atomic E-state index is -2.39. The fraction of sp³-hybridized carbons (Fsp3) is 0.242. The zero-order chi connectivity index (χ0) is 34.2. The van der Waals surface area contributed by atoms with E-state index in [4.69, 9.17) is 35.9 Å². The molecule has 4 aromatic rings. The van der Waals surface area contributed by atoms with Gasteiger partial charge in [0.1, 0.15) is 12.2 Å². The summed E-state index contributed by atoms with van der Waals surface area (Å²) in [5.41, 5.74) is -1.58. The Labute approximate surface area is 274 Å². The number of ether oxygens (including phenoxy) is 5. The zero-order valence-electron chi connectivity index (χ0n) is 24.8. The number of thiocarbonyl (C=S) groups is 1. The Bertz CT molecular complexity index is 1960. The Morgan fingerprint density at radius 3 is 2.10 bits per heavy atom. The predicted molar refractivity (Wildman–Crippen MR) is 162 cm³/mol. The van der Waals surface area contributed by atoms with Crippen LogP contribution in [0.25, 0.3) is 0 Å². The minimum Gasteiger partial charge on any atom is -0.445 e. The molecule has 15 heteroatoms. The van der Waals surface area contributed by atoms with E-state index in [1.54, 1.807) is 42.5 Å². The number of H-pyrrole nitrogens is 1. The number of aryl methyl sites for hydroxylation is 1. The topological polar surface area (TPSA) is 101 Å². The van der Waals surface area contributed by atoms with Gasteiger partial charge in [0.25, 0.3) is 5.56 Å². The third-order valence-electron chi connectivity index (χ3n) is 7.89. The number of nitrogens with zero attached hydrogens (tertiary/aromatic N) is 1. The number of benzene rings is 3. The van der Waals surface area contributed by atoms with E-state index in [-0.39, 0.29) is 18.8 Å². The van der Waals surface area contributed by atoms with Crippen LogP contribution in [0.3, 0.4) is 0 Å². The highest BCUT2D eigenvalue weighted by molar-refractivity contribution is 7.79. The Balaban J connectivity index is 1.40. The quantitative estimate of drug-likeness (QED) is 0.0833. The molecule has 250 valence electrons. The highest BCUT2D eigenvalue weighted by Crippen LogP contribution is 2.48. The van der Waals surface area contributed by atoms with Gasteiger partial charge in [-0.2, -0.15) is 8.78 Å². The van der Waals surface area contributed by atoms with Crippen molar-refractivity contribution in [3.05, 3.63) is 146 Å². The van der Waals surface area contributed by atoms with E-state index in [1.165, 1.54) is 13.1 Å². The number of hydrogen-bond donors (Lipinski definition) is 1. The van der Waals surface area contributed by atoms with E-state index in [0.29, 0.717) is 5.56 Å². The maximum absolute atomic E-state index is 14.5. The van der Waals surface area contributed by atoms with Gasteiger partial charge in [-0.1, -0.05) is 66.7 Å². The summed E-state index contributed by atoms with van der Waals surface area (Å²) in [6, 6.07) is 18.1. The monoisotopic (exact) mass is 688 g/mol. The summed E-state index contributed by atoms with van der Waals surface area (Å²) in [5, 5.41) is -1.09. The van der Waals surface area contributed by atoms with Crippen molar-refractivity contribution < 1.29 is 45.6 Å². The highest BCUT2D eigenvalue weighted by atomic mass is 32.1. The van der Waals surface area contributed by atoms with Crippen LogP contribution in [-0.2, 0) is 32.2 Å². The third-order valence-corrected chi connectivity index (χ3v) is 8.07. The Morgan fingerprint density at radius 1 is 0.896 bits per heavy atom. The van der Waals surface area contributed by atoms with E-state index < -0.39 is 81.5 Å². The number of rotatable bonds is 9. The van der Waals surface area contributed by atoms with Crippen LogP contribution in [-0.4, -0.2) is 38.7 Å². The molecular formula is C33H25F5N2O7S. The second kappa shape index (κ2) is 13.4. The molecule has 1 aliphatic heterocycles. The van der Waals surface area contributed by atoms with Crippen molar-refractivity contribution in [2.24, 2.45) is 0 Å². The molecule has 3 aromatic carbocycles. The molecule has 48 heavy (non-hydrogen) atoms. The molecule has 1 saturated heterocycles. The van der Waals surface area contributed by atoms with Crippen molar-refractivity contribution in [1.82, 2.24) is 9.55 Å². The molecule has 0 bridgehead atoms. The van der Waals surface area contributed by atoms with Crippen LogP contribution in [0.1, 0.15) is 22.9 Å². The number of halogens is 5. The lowest BCUT2D eigenvalue weighted by atomic mass is 9.93. The van der Waals surface area contributed by atoms with Gasteiger partial charge in [-0.15, -0.1) is 0 Å². The molecule has 5 atom stereocenters. The summed E-state index contributed by atoms with van der Waals surface area (Å²) in [6.45, 7) is 1.53. The standard InChI is InChI=1S/C33H25F5N2O7S/c1-17-14-40(31(42)39-29(17)41)30-28(47-32(48)45-26-24(37)22(35)21(34)23(36)25(26)38)33(44-16-19-10-6-3-7-11-19)13-12-20(27(33)46-30)43-15-18-8-4-2-5-9-18/h2-14,20,27-28,30H,15-16H2,1H3,(H,39,41,42)/t20-,27-,28+,30-,33-/m1/s1. The fourth-order valence-electron chi connectivity index (χ4n) is 5.51. The summed E-state index contributed by atoms with van der Waals surface area (Å²) < 4.78 is 101. The molecule has 1 aliphatic carbocycles. The highest BCUT2D eigenvalue weighted by Gasteiger charge is 2.64. The maximum atomic E-state index is 14.5. The SMILES string of the molecule is Cc1cn([C@@H]2O[C@@H]3[C@H](OCc4ccccc4)C=C[C@]3(OCc3ccccc3)[C@H]2OC(=S)Oc2c(F)c(F)c(F)c(F)c2F)c(=O)[nH]c1=O. The minimum absolute atomic E-state index is 0.0478. The van der Waals surface area contributed by atoms with E-state index in [0.717, 1.165) is 10.1 Å². The molecule has 1 N–H and O–H groups in total. The van der Waals surface area contributed by atoms with Gasteiger partial charge in [0.05, 0.1) is 13.2 Å². The number of aromatic nitrogens is 2. The van der Waals surface area contributed by atoms with Gasteiger partial charge in [-0.25, -0.2) is 18.0 Å². The largest absolute Gasteiger partial charge is 0.445 e. The lowest BCUT2D eigenvalue weighted by Gasteiger charge is -2.34. The lowest BCUT2D eigenvalue weighted by Crippen LogP contribution is -2.51. The molecule has 0 unspecified atom stereocenters. The second-order valence-corrected chi connectivity index (χ2v) is 11.3. The summed E-state index contributed by atoms with van der Waals surface area (Å²) >= 11 is 5.10. The van der Waals surface area contributed by atoms with Gasteiger partial charge >= 0.3 is 10.9 Å². The third kappa shape index (κ3) is 6.17. The molecule has 0 saturated carbocycles. The molecule has 1 aromatic heterocycles. The van der Waals surface area contributed by atoms with E-state index in [1.807, 2.05) is 30.3 Å².